The number of nitrogens with two attached hydrogens (primary N) is 2. The fourth-order valence-electron chi connectivity index (χ4n) is 4.83. The van der Waals surface area contributed by atoms with Gasteiger partial charge in [0.15, 0.2) is 0 Å². The van der Waals surface area contributed by atoms with Crippen molar-refractivity contribution in [3.63, 3.8) is 0 Å². The van der Waals surface area contributed by atoms with Crippen molar-refractivity contribution < 1.29 is 45.6 Å². The third-order valence-electron chi connectivity index (χ3n) is 6.36. The smallest absolute Gasteiger partial charge is 0.349 e. The molecule has 8 nitrogen and oxygen atoms in total. The van der Waals surface area contributed by atoms with E-state index in [2.05, 4.69) is 25.6 Å². The molecular formula is C20H26BrN3O5S2. The Morgan fingerprint density at radius 3 is 1.94 bits per heavy atom. The lowest BCUT2D eigenvalue weighted by Crippen LogP contribution is -3.00. The molecular weight excluding hydrogens is 506 g/mol. The van der Waals surface area contributed by atoms with Crippen molar-refractivity contribution in [2.24, 2.45) is 11.5 Å². The molecule has 2 amide bonds. The predicted molar refractivity (Wildman–Crippen MR) is 113 cm³/mol. The highest BCUT2D eigenvalue weighted by Crippen LogP contribution is 2.52. The Morgan fingerprint density at radius 2 is 1.55 bits per heavy atom. The SMILES string of the molecule is C[N+]1(C)[C@@H]2CC(OC(=O)C(O)(c3cccs3)c3cccs3)C[C@H]1[C@@H]1O[C@@H]12.NC(N)=O.[Br-]. The van der Waals surface area contributed by atoms with Crippen LogP contribution in [0.4, 0.5) is 4.79 Å². The second-order valence-electron chi connectivity index (χ2n) is 8.40. The number of ether oxygens (including phenoxy) is 2. The minimum Gasteiger partial charge on any atom is -1.00 e. The lowest BCUT2D eigenvalue weighted by molar-refractivity contribution is -0.938. The molecule has 3 fully saturated rings. The molecule has 0 spiro atoms. The van der Waals surface area contributed by atoms with Crippen LogP contribution in [-0.2, 0) is 19.9 Å². The first-order valence-corrected chi connectivity index (χ1v) is 11.5. The first kappa shape index (κ1) is 24.1. The van der Waals surface area contributed by atoms with Crippen LogP contribution in [0.3, 0.4) is 0 Å². The van der Waals surface area contributed by atoms with Gasteiger partial charge in [0.05, 0.1) is 23.8 Å². The summed E-state index contributed by atoms with van der Waals surface area (Å²) in [5.41, 5.74) is 6.78. The van der Waals surface area contributed by atoms with Crippen molar-refractivity contribution in [2.45, 2.75) is 48.8 Å². The number of hydrogen-bond donors (Lipinski definition) is 3. The number of amides is 2. The second-order valence-corrected chi connectivity index (χ2v) is 10.3. The molecule has 0 saturated carbocycles. The summed E-state index contributed by atoms with van der Waals surface area (Å²) in [5, 5.41) is 15.1. The average Bonchev–Trinajstić information content (AvgIpc) is 3.02. The second kappa shape index (κ2) is 8.80. The largest absolute Gasteiger partial charge is 1.00 e. The van der Waals surface area contributed by atoms with E-state index in [1.165, 1.54) is 22.7 Å². The zero-order valence-corrected chi connectivity index (χ0v) is 20.4. The maximum atomic E-state index is 13.1. The number of epoxide rings is 1. The van der Waals surface area contributed by atoms with Crippen LogP contribution < -0.4 is 28.4 Å². The van der Waals surface area contributed by atoms with Gasteiger partial charge in [-0.05, 0) is 22.9 Å². The van der Waals surface area contributed by atoms with E-state index in [4.69, 9.17) is 14.3 Å². The molecule has 0 aliphatic carbocycles. The van der Waals surface area contributed by atoms with Crippen molar-refractivity contribution in [2.75, 3.05) is 14.1 Å². The summed E-state index contributed by atoms with van der Waals surface area (Å²) in [4.78, 5) is 23.3. The number of carbonyl (C=O) groups is 2. The summed E-state index contributed by atoms with van der Waals surface area (Å²) in [6.07, 6.45) is 2.05. The number of likely N-dealkylation sites (N-methyl/N-ethyl adjacent to an activating group) is 1. The van der Waals surface area contributed by atoms with Gasteiger partial charge in [0, 0.05) is 12.8 Å². The fraction of sp³-hybridized carbons (Fsp3) is 0.500. The number of morpholine rings is 1. The molecule has 5 heterocycles. The number of hydrogen-bond acceptors (Lipinski definition) is 7. The van der Waals surface area contributed by atoms with Crippen LogP contribution >= 0.6 is 22.7 Å². The number of piperidine rings is 1. The van der Waals surface area contributed by atoms with E-state index in [-0.39, 0.29) is 23.1 Å². The number of carbonyl (C=O) groups excluding carboxylic acids is 2. The Kier molecular flexibility index (Phi) is 6.85. The van der Waals surface area contributed by atoms with Crippen molar-refractivity contribution in [1.29, 1.82) is 0 Å². The third-order valence-corrected chi connectivity index (χ3v) is 8.32. The quantitative estimate of drug-likeness (QED) is 0.248. The van der Waals surface area contributed by atoms with E-state index in [9.17, 15) is 9.90 Å². The highest BCUT2D eigenvalue weighted by molar-refractivity contribution is 7.12. The summed E-state index contributed by atoms with van der Waals surface area (Å²) in [5.74, 6) is -0.561. The number of fused-ring (bicyclic) bond motifs is 5. The van der Waals surface area contributed by atoms with E-state index >= 15 is 0 Å². The van der Waals surface area contributed by atoms with E-state index in [0.717, 1.165) is 17.3 Å². The van der Waals surface area contributed by atoms with Crippen molar-refractivity contribution >= 4 is 34.7 Å². The van der Waals surface area contributed by atoms with Gasteiger partial charge in [-0.3, -0.25) is 0 Å². The molecule has 170 valence electrons. The summed E-state index contributed by atoms with van der Waals surface area (Å²) in [7, 11) is 4.49. The van der Waals surface area contributed by atoms with E-state index in [0.29, 0.717) is 34.0 Å². The van der Waals surface area contributed by atoms with Crippen molar-refractivity contribution in [1.82, 2.24) is 0 Å². The number of thiophene rings is 2. The van der Waals surface area contributed by atoms with Gasteiger partial charge in [-0.1, -0.05) is 12.1 Å². The number of halogens is 1. The number of esters is 1. The Hall–Kier alpha value is -1.50. The average molecular weight is 532 g/mol. The van der Waals surface area contributed by atoms with Crippen LogP contribution in [0.15, 0.2) is 35.0 Å². The monoisotopic (exact) mass is 531 g/mol. The molecule has 31 heavy (non-hydrogen) atoms. The van der Waals surface area contributed by atoms with E-state index < -0.39 is 17.6 Å². The lowest BCUT2D eigenvalue weighted by atomic mass is 9.95. The Bertz CT molecular complexity index is 863. The van der Waals surface area contributed by atoms with Crippen molar-refractivity contribution in [3.8, 4) is 0 Å². The van der Waals surface area contributed by atoms with Crippen LogP contribution in [-0.4, -0.2) is 66.1 Å². The molecule has 5 atom stereocenters. The van der Waals surface area contributed by atoms with E-state index in [1.54, 1.807) is 12.1 Å². The van der Waals surface area contributed by atoms with Crippen LogP contribution in [0, 0.1) is 0 Å². The maximum Gasteiger partial charge on any atom is 0.349 e. The highest BCUT2D eigenvalue weighted by atomic mass is 79.9. The topological polar surface area (TPSA) is 128 Å². The number of nitrogens with zero attached hydrogens (tertiary/aromatic N) is 1. The third kappa shape index (κ3) is 4.27. The van der Waals surface area contributed by atoms with Crippen molar-refractivity contribution in [3.05, 3.63) is 44.8 Å². The van der Waals surface area contributed by atoms with Gasteiger partial charge in [0.1, 0.15) is 30.4 Å². The zero-order chi connectivity index (χ0) is 21.7. The van der Waals surface area contributed by atoms with Gasteiger partial charge >= 0.3 is 12.0 Å². The number of aliphatic hydroxyl groups is 1. The standard InChI is InChI=1S/C19H22NO4S2.CH4N2O.BrH/c1-20(2)12-9-11(10-13(20)17-16(12)24-17)23-18(21)19(22,14-5-3-7-25-14)15-6-4-8-26-15;2-1(3)4;/h3-8,11-13,16-17,22H,9-10H2,1-2H3;(H4,2,3,4);1H/q+1;;/p-1/t11?,12-,13+,16-,17+;;. The van der Waals surface area contributed by atoms with Crippen LogP contribution in [0.1, 0.15) is 22.6 Å². The summed E-state index contributed by atoms with van der Waals surface area (Å²) < 4.78 is 12.6. The molecule has 3 aliphatic rings. The lowest BCUT2D eigenvalue weighted by Gasteiger charge is -2.45. The van der Waals surface area contributed by atoms with Gasteiger partial charge in [0.25, 0.3) is 0 Å². The zero-order valence-electron chi connectivity index (χ0n) is 17.1. The molecule has 11 heteroatoms. The maximum absolute atomic E-state index is 13.1. The molecule has 5 rings (SSSR count). The Labute approximate surface area is 199 Å². The molecule has 2 aromatic heterocycles. The fourth-order valence-corrected chi connectivity index (χ4v) is 6.54. The molecule has 0 aromatic carbocycles. The number of urea groups is 1. The number of primary amides is 2. The molecule has 2 aromatic rings. The van der Waals surface area contributed by atoms with Gasteiger partial charge in [-0.25, -0.2) is 9.59 Å². The molecule has 3 saturated heterocycles. The first-order valence-electron chi connectivity index (χ1n) is 9.70. The number of quaternary nitrogens is 1. The minimum atomic E-state index is -1.72. The summed E-state index contributed by atoms with van der Waals surface area (Å²) in [6, 6.07) is 7.18. The number of rotatable bonds is 4. The normalized spacial score (nSPS) is 29.6. The molecule has 3 aliphatic heterocycles. The van der Waals surface area contributed by atoms with Crippen LogP contribution in [0.2, 0.25) is 0 Å². The van der Waals surface area contributed by atoms with Gasteiger partial charge < -0.3 is 47.5 Å². The minimum absolute atomic E-state index is 0. The van der Waals surface area contributed by atoms with Crippen LogP contribution in [0.25, 0.3) is 0 Å². The molecule has 1 unspecified atom stereocenters. The Balaban J connectivity index is 0.000000504. The van der Waals surface area contributed by atoms with Gasteiger partial charge in [-0.15, -0.1) is 22.7 Å². The first-order chi connectivity index (χ1) is 14.2. The Morgan fingerprint density at radius 1 is 1.10 bits per heavy atom. The summed E-state index contributed by atoms with van der Waals surface area (Å²) in [6.45, 7) is 0. The van der Waals surface area contributed by atoms with Crippen LogP contribution in [0.5, 0.6) is 0 Å². The molecule has 5 N–H and O–H groups in total. The highest BCUT2D eigenvalue weighted by Gasteiger charge is 2.71. The predicted octanol–water partition coefficient (Wildman–Crippen LogP) is -1.63. The van der Waals surface area contributed by atoms with E-state index in [1.807, 2.05) is 22.9 Å². The molecule has 0 radical (unpaired) electrons. The van der Waals surface area contributed by atoms with Gasteiger partial charge in [-0.2, -0.15) is 0 Å². The molecule has 2 bridgehead atoms. The van der Waals surface area contributed by atoms with Gasteiger partial charge in [0.2, 0.25) is 5.60 Å². The summed E-state index contributed by atoms with van der Waals surface area (Å²) >= 11 is 2.74.